The number of carbonyl (C=O) groups excluding carboxylic acids is 1. The third-order valence-electron chi connectivity index (χ3n) is 3.07. The summed E-state index contributed by atoms with van der Waals surface area (Å²) in [6, 6.07) is 16.1. The molecular formula is C17H20N2O. The summed E-state index contributed by atoms with van der Waals surface area (Å²) >= 11 is 0. The maximum absolute atomic E-state index is 10.9. The molecule has 1 amide bonds. The van der Waals surface area contributed by atoms with Crippen molar-refractivity contribution in [1.82, 2.24) is 0 Å². The summed E-state index contributed by atoms with van der Waals surface area (Å²) in [5, 5.41) is 6.09. The molecule has 0 saturated carbocycles. The van der Waals surface area contributed by atoms with Crippen LogP contribution in [-0.4, -0.2) is 5.91 Å². The first-order valence-corrected chi connectivity index (χ1v) is 6.79. The van der Waals surface area contributed by atoms with Gasteiger partial charge in [-0.25, -0.2) is 0 Å². The standard InChI is InChI=1S/C17H20N2O/c1-12(2)14-4-6-16(7-5-14)19-17-10-8-15(9-11-17)18-13(3)20/h4-12,19H,1-3H3,(H,18,20). The number of rotatable bonds is 4. The van der Waals surface area contributed by atoms with Gasteiger partial charge >= 0.3 is 0 Å². The van der Waals surface area contributed by atoms with Crippen molar-refractivity contribution in [3.8, 4) is 0 Å². The second kappa shape index (κ2) is 6.24. The molecule has 2 aromatic rings. The molecule has 0 fully saturated rings. The van der Waals surface area contributed by atoms with Gasteiger partial charge in [-0.3, -0.25) is 4.79 Å². The number of anilines is 3. The number of hydrogen-bond acceptors (Lipinski definition) is 2. The monoisotopic (exact) mass is 268 g/mol. The summed E-state index contributed by atoms with van der Waals surface area (Å²) in [6.07, 6.45) is 0. The Morgan fingerprint density at radius 1 is 0.850 bits per heavy atom. The predicted molar refractivity (Wildman–Crippen MR) is 84.6 cm³/mol. The van der Waals surface area contributed by atoms with Gasteiger partial charge in [-0.2, -0.15) is 0 Å². The number of hydrogen-bond donors (Lipinski definition) is 2. The van der Waals surface area contributed by atoms with Crippen LogP contribution in [0.4, 0.5) is 17.1 Å². The van der Waals surface area contributed by atoms with E-state index in [1.807, 2.05) is 24.3 Å². The van der Waals surface area contributed by atoms with Crippen LogP contribution in [0.15, 0.2) is 48.5 Å². The highest BCUT2D eigenvalue weighted by atomic mass is 16.1. The highest BCUT2D eigenvalue weighted by molar-refractivity contribution is 5.88. The molecule has 3 nitrogen and oxygen atoms in total. The first-order valence-electron chi connectivity index (χ1n) is 6.79. The van der Waals surface area contributed by atoms with E-state index in [2.05, 4.69) is 48.7 Å². The van der Waals surface area contributed by atoms with Crippen molar-refractivity contribution in [2.24, 2.45) is 0 Å². The van der Waals surface area contributed by atoms with Crippen molar-refractivity contribution in [3.05, 3.63) is 54.1 Å². The summed E-state index contributed by atoms with van der Waals surface area (Å²) in [4.78, 5) is 10.9. The molecule has 0 radical (unpaired) electrons. The average Bonchev–Trinajstić information content (AvgIpc) is 2.41. The van der Waals surface area contributed by atoms with Crippen LogP contribution >= 0.6 is 0 Å². The lowest BCUT2D eigenvalue weighted by Crippen LogP contribution is -2.05. The van der Waals surface area contributed by atoms with E-state index in [-0.39, 0.29) is 5.91 Å². The van der Waals surface area contributed by atoms with E-state index in [0.29, 0.717) is 5.92 Å². The zero-order chi connectivity index (χ0) is 14.5. The molecule has 0 aliphatic carbocycles. The Kier molecular flexibility index (Phi) is 4.41. The molecule has 2 rings (SSSR count). The summed E-state index contributed by atoms with van der Waals surface area (Å²) in [5.41, 5.74) is 4.19. The van der Waals surface area contributed by atoms with Crippen LogP contribution in [0, 0.1) is 0 Å². The Labute approximate surface area is 120 Å². The van der Waals surface area contributed by atoms with E-state index in [0.717, 1.165) is 17.1 Å². The van der Waals surface area contributed by atoms with Crippen LogP contribution in [0.25, 0.3) is 0 Å². The predicted octanol–water partition coefficient (Wildman–Crippen LogP) is 4.51. The van der Waals surface area contributed by atoms with E-state index < -0.39 is 0 Å². The molecule has 0 aromatic heterocycles. The maximum Gasteiger partial charge on any atom is 0.221 e. The van der Waals surface area contributed by atoms with Gasteiger partial charge in [0.1, 0.15) is 0 Å². The molecule has 20 heavy (non-hydrogen) atoms. The maximum atomic E-state index is 10.9. The topological polar surface area (TPSA) is 41.1 Å². The van der Waals surface area contributed by atoms with E-state index in [9.17, 15) is 4.79 Å². The summed E-state index contributed by atoms with van der Waals surface area (Å²) in [5.74, 6) is 0.482. The SMILES string of the molecule is CC(=O)Nc1ccc(Nc2ccc(C(C)C)cc2)cc1. The van der Waals surface area contributed by atoms with Gasteiger partial charge in [0.2, 0.25) is 5.91 Å². The first kappa shape index (κ1) is 14.1. The van der Waals surface area contributed by atoms with Gasteiger partial charge in [-0.1, -0.05) is 26.0 Å². The zero-order valence-corrected chi connectivity index (χ0v) is 12.1. The minimum absolute atomic E-state index is 0.0602. The normalized spacial score (nSPS) is 10.4. The quantitative estimate of drug-likeness (QED) is 0.856. The van der Waals surface area contributed by atoms with E-state index in [1.165, 1.54) is 12.5 Å². The molecule has 0 bridgehead atoms. The van der Waals surface area contributed by atoms with Crippen LogP contribution in [0.1, 0.15) is 32.3 Å². The van der Waals surface area contributed by atoms with Gasteiger partial charge in [0.25, 0.3) is 0 Å². The molecule has 0 saturated heterocycles. The number of amides is 1. The molecule has 2 aromatic carbocycles. The van der Waals surface area contributed by atoms with Crippen molar-refractivity contribution >= 4 is 23.0 Å². The van der Waals surface area contributed by atoms with Gasteiger partial charge < -0.3 is 10.6 Å². The lowest BCUT2D eigenvalue weighted by molar-refractivity contribution is -0.114. The van der Waals surface area contributed by atoms with Crippen LogP contribution in [0.5, 0.6) is 0 Å². The number of carbonyl (C=O) groups is 1. The summed E-state index contributed by atoms with van der Waals surface area (Å²) in [7, 11) is 0. The fraction of sp³-hybridized carbons (Fsp3) is 0.235. The van der Waals surface area contributed by atoms with Crippen LogP contribution in [-0.2, 0) is 4.79 Å². The van der Waals surface area contributed by atoms with Gasteiger partial charge in [0, 0.05) is 24.0 Å². The van der Waals surface area contributed by atoms with E-state index in [4.69, 9.17) is 0 Å². The largest absolute Gasteiger partial charge is 0.356 e. The molecule has 0 atom stereocenters. The minimum Gasteiger partial charge on any atom is -0.356 e. The van der Waals surface area contributed by atoms with E-state index >= 15 is 0 Å². The molecule has 2 N–H and O–H groups in total. The average molecular weight is 268 g/mol. The highest BCUT2D eigenvalue weighted by Crippen LogP contribution is 2.21. The molecule has 0 unspecified atom stereocenters. The van der Waals surface area contributed by atoms with Gasteiger partial charge in [0.05, 0.1) is 0 Å². The fourth-order valence-corrected chi connectivity index (χ4v) is 1.96. The summed E-state index contributed by atoms with van der Waals surface area (Å²) < 4.78 is 0. The van der Waals surface area contributed by atoms with E-state index in [1.54, 1.807) is 0 Å². The molecule has 104 valence electrons. The molecule has 3 heteroatoms. The summed E-state index contributed by atoms with van der Waals surface area (Å²) in [6.45, 7) is 5.87. The van der Waals surface area contributed by atoms with Crippen LogP contribution in [0.3, 0.4) is 0 Å². The van der Waals surface area contributed by atoms with Gasteiger partial charge in [-0.05, 0) is 47.9 Å². The number of benzene rings is 2. The molecule has 0 spiro atoms. The van der Waals surface area contributed by atoms with Crippen molar-refractivity contribution in [2.75, 3.05) is 10.6 Å². The highest BCUT2D eigenvalue weighted by Gasteiger charge is 2.00. The first-order chi connectivity index (χ1) is 9.54. The zero-order valence-electron chi connectivity index (χ0n) is 12.1. The van der Waals surface area contributed by atoms with Crippen LogP contribution in [0.2, 0.25) is 0 Å². The molecule has 0 heterocycles. The molecule has 0 aliphatic heterocycles. The van der Waals surface area contributed by atoms with Gasteiger partial charge in [0.15, 0.2) is 0 Å². The lowest BCUT2D eigenvalue weighted by Gasteiger charge is -2.10. The Morgan fingerprint density at radius 2 is 1.30 bits per heavy atom. The minimum atomic E-state index is -0.0602. The number of nitrogens with one attached hydrogen (secondary N) is 2. The van der Waals surface area contributed by atoms with Crippen LogP contribution < -0.4 is 10.6 Å². The Morgan fingerprint density at radius 3 is 1.75 bits per heavy atom. The second-order valence-corrected chi connectivity index (χ2v) is 5.16. The fourth-order valence-electron chi connectivity index (χ4n) is 1.96. The van der Waals surface area contributed by atoms with Gasteiger partial charge in [-0.15, -0.1) is 0 Å². The molecule has 0 aliphatic rings. The third-order valence-corrected chi connectivity index (χ3v) is 3.07. The lowest BCUT2D eigenvalue weighted by atomic mass is 10.0. The van der Waals surface area contributed by atoms with Crippen molar-refractivity contribution in [2.45, 2.75) is 26.7 Å². The van der Waals surface area contributed by atoms with Crippen molar-refractivity contribution < 1.29 is 4.79 Å². The van der Waals surface area contributed by atoms with Crippen molar-refractivity contribution in [1.29, 1.82) is 0 Å². The second-order valence-electron chi connectivity index (χ2n) is 5.16. The van der Waals surface area contributed by atoms with Crippen molar-refractivity contribution in [3.63, 3.8) is 0 Å². The Bertz CT molecular complexity index is 571. The molecular weight excluding hydrogens is 248 g/mol. The Balaban J connectivity index is 2.04. The smallest absolute Gasteiger partial charge is 0.221 e. The third kappa shape index (κ3) is 3.85. The Hall–Kier alpha value is -2.29.